The largest absolute Gasteiger partial charge is 0.465 e. The number of hydrogen-bond donors (Lipinski definition) is 0. The molecule has 0 N–H and O–H groups in total. The number of ether oxygens (including phenoxy) is 1. The summed E-state index contributed by atoms with van der Waals surface area (Å²) in [5.74, 6) is 0.600. The van der Waals surface area contributed by atoms with Crippen LogP contribution in [-0.4, -0.2) is 37.1 Å². The van der Waals surface area contributed by atoms with Gasteiger partial charge in [0.25, 0.3) is 0 Å². The van der Waals surface area contributed by atoms with Crippen LogP contribution in [0, 0.1) is 5.92 Å². The molecule has 96 valence electrons. The molecule has 0 radical (unpaired) electrons. The Morgan fingerprint density at radius 3 is 2.25 bits per heavy atom. The molecule has 0 aliphatic rings. The van der Waals surface area contributed by atoms with Gasteiger partial charge < -0.3 is 4.74 Å². The Labute approximate surface area is 100 Å². The highest BCUT2D eigenvalue weighted by atomic mass is 16.5. The first-order valence-corrected chi connectivity index (χ1v) is 6.55. The molecule has 0 aromatic rings. The van der Waals surface area contributed by atoms with Gasteiger partial charge in [-0.3, -0.25) is 9.69 Å². The van der Waals surface area contributed by atoms with E-state index in [9.17, 15) is 4.79 Å². The van der Waals surface area contributed by atoms with Gasteiger partial charge in [-0.25, -0.2) is 0 Å². The topological polar surface area (TPSA) is 29.5 Å². The van der Waals surface area contributed by atoms with Crippen LogP contribution < -0.4 is 0 Å². The fourth-order valence-corrected chi connectivity index (χ4v) is 1.85. The molecule has 0 unspecified atom stereocenters. The van der Waals surface area contributed by atoms with Crippen LogP contribution in [0.15, 0.2) is 0 Å². The van der Waals surface area contributed by atoms with Crippen molar-refractivity contribution in [3.05, 3.63) is 0 Å². The van der Waals surface area contributed by atoms with Crippen LogP contribution in [0.4, 0.5) is 0 Å². The third-order valence-corrected chi connectivity index (χ3v) is 2.87. The van der Waals surface area contributed by atoms with Gasteiger partial charge in [-0.2, -0.15) is 0 Å². The summed E-state index contributed by atoms with van der Waals surface area (Å²) >= 11 is 0. The highest BCUT2D eigenvalue weighted by molar-refractivity contribution is 5.71. The van der Waals surface area contributed by atoms with Crippen molar-refractivity contribution in [1.82, 2.24) is 4.90 Å². The van der Waals surface area contributed by atoms with Crippen molar-refractivity contribution in [1.29, 1.82) is 0 Å². The Morgan fingerprint density at radius 2 is 1.81 bits per heavy atom. The molecule has 0 fully saturated rings. The van der Waals surface area contributed by atoms with E-state index in [0.29, 0.717) is 19.1 Å². The maximum absolute atomic E-state index is 11.4. The van der Waals surface area contributed by atoms with Gasteiger partial charge in [0.05, 0.1) is 13.2 Å². The van der Waals surface area contributed by atoms with Crippen molar-refractivity contribution in [2.75, 3.05) is 26.2 Å². The van der Waals surface area contributed by atoms with E-state index in [1.807, 2.05) is 6.92 Å². The van der Waals surface area contributed by atoms with E-state index in [1.54, 1.807) is 0 Å². The summed E-state index contributed by atoms with van der Waals surface area (Å²) in [5.41, 5.74) is 0. The standard InChI is InChI=1S/C13H27NO2/c1-5-9-14(10-12(6-2)7-3)11-13(15)16-8-4/h12H,5-11H2,1-4H3. The lowest BCUT2D eigenvalue weighted by Gasteiger charge is -2.25. The van der Waals surface area contributed by atoms with Gasteiger partial charge in [-0.05, 0) is 25.8 Å². The number of carbonyl (C=O) groups excluding carboxylic acids is 1. The van der Waals surface area contributed by atoms with E-state index in [2.05, 4.69) is 25.7 Å². The molecule has 0 saturated carbocycles. The quantitative estimate of drug-likeness (QED) is 0.569. The van der Waals surface area contributed by atoms with Crippen LogP contribution in [0.3, 0.4) is 0 Å². The van der Waals surface area contributed by atoms with Crippen molar-refractivity contribution < 1.29 is 9.53 Å². The molecular formula is C13H27NO2. The molecule has 0 aliphatic carbocycles. The summed E-state index contributed by atoms with van der Waals surface area (Å²) in [6, 6.07) is 0. The highest BCUT2D eigenvalue weighted by Gasteiger charge is 2.14. The van der Waals surface area contributed by atoms with E-state index in [-0.39, 0.29) is 5.97 Å². The molecule has 3 nitrogen and oxygen atoms in total. The molecule has 0 saturated heterocycles. The first kappa shape index (κ1) is 15.4. The summed E-state index contributed by atoms with van der Waals surface area (Å²) in [7, 11) is 0. The van der Waals surface area contributed by atoms with Crippen LogP contribution in [0.2, 0.25) is 0 Å². The van der Waals surface area contributed by atoms with Crippen molar-refractivity contribution in [3.8, 4) is 0 Å². The van der Waals surface area contributed by atoms with Crippen LogP contribution in [0.5, 0.6) is 0 Å². The average molecular weight is 229 g/mol. The van der Waals surface area contributed by atoms with E-state index in [0.717, 1.165) is 19.5 Å². The first-order chi connectivity index (χ1) is 7.67. The van der Waals surface area contributed by atoms with E-state index in [1.165, 1.54) is 12.8 Å². The van der Waals surface area contributed by atoms with Crippen molar-refractivity contribution in [3.63, 3.8) is 0 Å². The average Bonchev–Trinajstić information content (AvgIpc) is 2.26. The molecule has 16 heavy (non-hydrogen) atoms. The summed E-state index contributed by atoms with van der Waals surface area (Å²) in [6.45, 7) is 11.3. The minimum atomic E-state index is -0.0955. The van der Waals surface area contributed by atoms with Gasteiger partial charge in [-0.1, -0.05) is 33.6 Å². The van der Waals surface area contributed by atoms with Gasteiger partial charge >= 0.3 is 5.97 Å². The minimum Gasteiger partial charge on any atom is -0.465 e. The van der Waals surface area contributed by atoms with Gasteiger partial charge in [0.1, 0.15) is 0 Å². The number of carbonyl (C=O) groups is 1. The van der Waals surface area contributed by atoms with Gasteiger partial charge in [0.2, 0.25) is 0 Å². The normalized spacial score (nSPS) is 11.1. The lowest BCUT2D eigenvalue weighted by Crippen LogP contribution is -2.35. The van der Waals surface area contributed by atoms with Crippen LogP contribution in [-0.2, 0) is 9.53 Å². The predicted molar refractivity (Wildman–Crippen MR) is 67.4 cm³/mol. The summed E-state index contributed by atoms with van der Waals surface area (Å²) in [5, 5.41) is 0. The maximum Gasteiger partial charge on any atom is 0.320 e. The molecule has 0 heterocycles. The Bertz CT molecular complexity index is 179. The number of rotatable bonds is 9. The van der Waals surface area contributed by atoms with Gasteiger partial charge in [-0.15, -0.1) is 0 Å². The Kier molecular flexibility index (Phi) is 9.30. The SMILES string of the molecule is CCCN(CC(=O)OCC)CC(CC)CC. The third kappa shape index (κ3) is 6.83. The Balaban J connectivity index is 4.09. The zero-order valence-electron chi connectivity index (χ0n) is 11.3. The van der Waals surface area contributed by atoms with Crippen LogP contribution in [0.1, 0.15) is 47.0 Å². The van der Waals surface area contributed by atoms with Gasteiger partial charge in [0.15, 0.2) is 0 Å². The lowest BCUT2D eigenvalue weighted by molar-refractivity contribution is -0.144. The summed E-state index contributed by atoms with van der Waals surface area (Å²) in [4.78, 5) is 13.6. The Hall–Kier alpha value is -0.570. The molecule has 0 bridgehead atoms. The minimum absolute atomic E-state index is 0.0955. The fraction of sp³-hybridized carbons (Fsp3) is 0.923. The second-order valence-corrected chi connectivity index (χ2v) is 4.22. The maximum atomic E-state index is 11.4. The van der Waals surface area contributed by atoms with E-state index in [4.69, 9.17) is 4.74 Å². The highest BCUT2D eigenvalue weighted by Crippen LogP contribution is 2.10. The number of nitrogens with zero attached hydrogens (tertiary/aromatic N) is 1. The molecule has 0 aliphatic heterocycles. The number of esters is 1. The number of hydrogen-bond acceptors (Lipinski definition) is 3. The smallest absolute Gasteiger partial charge is 0.320 e. The second-order valence-electron chi connectivity index (χ2n) is 4.22. The predicted octanol–water partition coefficient (Wildman–Crippen LogP) is 2.70. The van der Waals surface area contributed by atoms with Gasteiger partial charge in [0, 0.05) is 6.54 Å². The lowest BCUT2D eigenvalue weighted by atomic mass is 10.0. The molecule has 0 amide bonds. The fourth-order valence-electron chi connectivity index (χ4n) is 1.85. The Morgan fingerprint density at radius 1 is 1.19 bits per heavy atom. The summed E-state index contributed by atoms with van der Waals surface area (Å²) in [6.07, 6.45) is 3.44. The zero-order chi connectivity index (χ0) is 12.4. The molecular weight excluding hydrogens is 202 g/mol. The molecule has 3 heteroatoms. The monoisotopic (exact) mass is 229 g/mol. The van der Waals surface area contributed by atoms with Crippen molar-refractivity contribution in [2.45, 2.75) is 47.0 Å². The van der Waals surface area contributed by atoms with E-state index < -0.39 is 0 Å². The van der Waals surface area contributed by atoms with E-state index >= 15 is 0 Å². The molecule has 0 spiro atoms. The van der Waals surface area contributed by atoms with Crippen molar-refractivity contribution >= 4 is 5.97 Å². The first-order valence-electron chi connectivity index (χ1n) is 6.55. The molecule has 0 aromatic heterocycles. The molecule has 0 aromatic carbocycles. The van der Waals surface area contributed by atoms with Crippen LogP contribution >= 0.6 is 0 Å². The summed E-state index contributed by atoms with van der Waals surface area (Å²) < 4.78 is 4.99. The van der Waals surface area contributed by atoms with Crippen LogP contribution in [0.25, 0.3) is 0 Å². The zero-order valence-corrected chi connectivity index (χ0v) is 11.3. The molecule has 0 rings (SSSR count). The van der Waals surface area contributed by atoms with Crippen molar-refractivity contribution in [2.24, 2.45) is 5.92 Å². The third-order valence-electron chi connectivity index (χ3n) is 2.87. The second kappa shape index (κ2) is 9.64. The molecule has 0 atom stereocenters.